The number of nitrogens with one attached hydrogen (secondary N) is 1. The molecule has 0 fully saturated rings. The van der Waals surface area contributed by atoms with Crippen LogP contribution in [0.15, 0.2) is 5.38 Å². The van der Waals surface area contributed by atoms with Gasteiger partial charge in [0.1, 0.15) is 5.01 Å². The third-order valence-corrected chi connectivity index (χ3v) is 3.06. The molecule has 0 saturated carbocycles. The zero-order valence-corrected chi connectivity index (χ0v) is 10.2. The van der Waals surface area contributed by atoms with E-state index in [0.717, 1.165) is 10.7 Å². The van der Waals surface area contributed by atoms with Gasteiger partial charge in [0.05, 0.1) is 5.69 Å². The Kier molecular flexibility index (Phi) is 5.87. The van der Waals surface area contributed by atoms with E-state index in [0.29, 0.717) is 26.1 Å². The Morgan fingerprint density at radius 1 is 1.35 bits per heavy atom. The van der Waals surface area contributed by atoms with Crippen molar-refractivity contribution in [2.24, 2.45) is 5.73 Å². The van der Waals surface area contributed by atoms with Gasteiger partial charge in [-0.05, 0) is 19.4 Å². The van der Waals surface area contributed by atoms with Crippen LogP contribution in [-0.2, 0) is 13.1 Å². The van der Waals surface area contributed by atoms with Gasteiger partial charge in [-0.2, -0.15) is 13.2 Å². The standard InChI is InChI=1S/C10H16F3N3S/c11-10(12,13)3-1-2-4-15-6-8-7-17-9(5-14)16-8/h7,15H,1-6,14H2. The Hall–Kier alpha value is -0.660. The summed E-state index contributed by atoms with van der Waals surface area (Å²) in [5.74, 6) is 0. The van der Waals surface area contributed by atoms with E-state index in [1.807, 2.05) is 5.38 Å². The maximum atomic E-state index is 11.8. The summed E-state index contributed by atoms with van der Waals surface area (Å²) in [6.45, 7) is 1.59. The van der Waals surface area contributed by atoms with Crippen molar-refractivity contribution in [3.05, 3.63) is 16.1 Å². The summed E-state index contributed by atoms with van der Waals surface area (Å²) in [6, 6.07) is 0. The van der Waals surface area contributed by atoms with Gasteiger partial charge in [0.25, 0.3) is 0 Å². The molecule has 0 amide bonds. The molecular formula is C10H16F3N3S. The Morgan fingerprint density at radius 3 is 2.71 bits per heavy atom. The first-order valence-corrected chi connectivity index (χ1v) is 6.30. The third kappa shape index (κ3) is 6.60. The van der Waals surface area contributed by atoms with Crippen molar-refractivity contribution in [2.45, 2.75) is 38.5 Å². The van der Waals surface area contributed by atoms with Crippen LogP contribution in [-0.4, -0.2) is 17.7 Å². The van der Waals surface area contributed by atoms with Crippen LogP contribution in [0.25, 0.3) is 0 Å². The summed E-state index contributed by atoms with van der Waals surface area (Å²) in [5, 5.41) is 5.84. The zero-order valence-electron chi connectivity index (χ0n) is 9.39. The largest absolute Gasteiger partial charge is 0.389 e. The van der Waals surface area contributed by atoms with Crippen LogP contribution < -0.4 is 11.1 Å². The van der Waals surface area contributed by atoms with Gasteiger partial charge in [-0.15, -0.1) is 11.3 Å². The molecule has 7 heteroatoms. The number of alkyl halides is 3. The average Bonchev–Trinajstić information content (AvgIpc) is 2.69. The first-order valence-electron chi connectivity index (χ1n) is 5.42. The highest BCUT2D eigenvalue weighted by Crippen LogP contribution is 2.21. The lowest BCUT2D eigenvalue weighted by Crippen LogP contribution is -2.16. The molecule has 1 rings (SSSR count). The lowest BCUT2D eigenvalue weighted by molar-refractivity contribution is -0.135. The average molecular weight is 267 g/mol. The summed E-state index contributed by atoms with van der Waals surface area (Å²) in [4.78, 5) is 4.24. The maximum Gasteiger partial charge on any atom is 0.389 e. The Labute approximate surface area is 102 Å². The molecule has 3 N–H and O–H groups in total. The molecule has 1 heterocycles. The fourth-order valence-electron chi connectivity index (χ4n) is 1.32. The highest BCUT2D eigenvalue weighted by Gasteiger charge is 2.25. The minimum Gasteiger partial charge on any atom is -0.325 e. The summed E-state index contributed by atoms with van der Waals surface area (Å²) >= 11 is 1.50. The number of unbranched alkanes of at least 4 members (excludes halogenated alkanes) is 1. The topological polar surface area (TPSA) is 50.9 Å². The highest BCUT2D eigenvalue weighted by atomic mass is 32.1. The third-order valence-electron chi connectivity index (χ3n) is 2.14. The quantitative estimate of drug-likeness (QED) is 0.746. The summed E-state index contributed by atoms with van der Waals surface area (Å²) in [7, 11) is 0. The Morgan fingerprint density at radius 2 is 2.12 bits per heavy atom. The summed E-state index contributed by atoms with van der Waals surface area (Å²) < 4.78 is 35.5. The van der Waals surface area contributed by atoms with Crippen LogP contribution in [0.1, 0.15) is 30.0 Å². The number of thiazole rings is 1. The predicted octanol–water partition coefficient (Wildman–Crippen LogP) is 2.42. The van der Waals surface area contributed by atoms with Crippen LogP contribution >= 0.6 is 11.3 Å². The molecule has 17 heavy (non-hydrogen) atoms. The van der Waals surface area contributed by atoms with E-state index < -0.39 is 12.6 Å². The van der Waals surface area contributed by atoms with Crippen molar-refractivity contribution in [3.8, 4) is 0 Å². The second-order valence-electron chi connectivity index (χ2n) is 3.69. The van der Waals surface area contributed by atoms with Crippen LogP contribution in [0, 0.1) is 0 Å². The van der Waals surface area contributed by atoms with Crippen molar-refractivity contribution in [3.63, 3.8) is 0 Å². The minimum absolute atomic E-state index is 0.168. The molecule has 0 aromatic carbocycles. The minimum atomic E-state index is -4.04. The van der Waals surface area contributed by atoms with Gasteiger partial charge in [-0.3, -0.25) is 0 Å². The van der Waals surface area contributed by atoms with Crippen LogP contribution in [0.4, 0.5) is 13.2 Å². The Balaban J connectivity index is 2.04. The molecular weight excluding hydrogens is 251 g/mol. The number of halogens is 3. The fourth-order valence-corrected chi connectivity index (χ4v) is 1.99. The van der Waals surface area contributed by atoms with Gasteiger partial charge in [0.15, 0.2) is 0 Å². The number of nitrogens with zero attached hydrogens (tertiary/aromatic N) is 1. The first kappa shape index (κ1) is 14.4. The Bertz CT molecular complexity index is 325. The van der Waals surface area contributed by atoms with Crippen molar-refractivity contribution >= 4 is 11.3 Å². The van der Waals surface area contributed by atoms with Crippen molar-refractivity contribution in [2.75, 3.05) is 6.54 Å². The fraction of sp³-hybridized carbons (Fsp3) is 0.700. The van der Waals surface area contributed by atoms with E-state index in [1.165, 1.54) is 11.3 Å². The van der Waals surface area contributed by atoms with E-state index in [9.17, 15) is 13.2 Å². The van der Waals surface area contributed by atoms with Crippen LogP contribution in [0.3, 0.4) is 0 Å². The van der Waals surface area contributed by atoms with Crippen LogP contribution in [0.2, 0.25) is 0 Å². The van der Waals surface area contributed by atoms with Gasteiger partial charge in [0.2, 0.25) is 0 Å². The molecule has 0 aliphatic carbocycles. The molecule has 0 atom stereocenters. The number of nitrogens with two attached hydrogens (primary N) is 1. The van der Waals surface area contributed by atoms with Crippen molar-refractivity contribution in [1.29, 1.82) is 0 Å². The number of hydrogen-bond acceptors (Lipinski definition) is 4. The molecule has 0 saturated heterocycles. The molecule has 0 spiro atoms. The lowest BCUT2D eigenvalue weighted by Gasteiger charge is -2.06. The van der Waals surface area contributed by atoms with Crippen molar-refractivity contribution < 1.29 is 13.2 Å². The molecule has 0 aliphatic heterocycles. The number of aromatic nitrogens is 1. The smallest absolute Gasteiger partial charge is 0.325 e. The first-order chi connectivity index (χ1) is 8.01. The molecule has 0 unspecified atom stereocenters. The highest BCUT2D eigenvalue weighted by molar-refractivity contribution is 7.09. The molecule has 0 radical (unpaired) electrons. The normalized spacial score (nSPS) is 12.0. The van der Waals surface area contributed by atoms with Gasteiger partial charge < -0.3 is 11.1 Å². The molecule has 0 bridgehead atoms. The van der Waals surface area contributed by atoms with Crippen LogP contribution in [0.5, 0.6) is 0 Å². The number of hydrogen-bond donors (Lipinski definition) is 2. The summed E-state index contributed by atoms with van der Waals surface area (Å²) in [6.07, 6.45) is -4.05. The lowest BCUT2D eigenvalue weighted by atomic mass is 10.2. The van der Waals surface area contributed by atoms with E-state index >= 15 is 0 Å². The van der Waals surface area contributed by atoms with Crippen molar-refractivity contribution in [1.82, 2.24) is 10.3 Å². The summed E-state index contributed by atoms with van der Waals surface area (Å²) in [5.41, 5.74) is 6.31. The maximum absolute atomic E-state index is 11.8. The molecule has 1 aromatic heterocycles. The second kappa shape index (κ2) is 6.93. The van der Waals surface area contributed by atoms with E-state index in [-0.39, 0.29) is 6.42 Å². The molecule has 3 nitrogen and oxygen atoms in total. The second-order valence-corrected chi connectivity index (χ2v) is 4.63. The molecule has 98 valence electrons. The van der Waals surface area contributed by atoms with Gasteiger partial charge in [-0.25, -0.2) is 4.98 Å². The van der Waals surface area contributed by atoms with E-state index in [1.54, 1.807) is 0 Å². The van der Waals surface area contributed by atoms with E-state index in [2.05, 4.69) is 10.3 Å². The molecule has 1 aromatic rings. The number of rotatable bonds is 7. The molecule has 0 aliphatic rings. The van der Waals surface area contributed by atoms with E-state index in [4.69, 9.17) is 5.73 Å². The van der Waals surface area contributed by atoms with Gasteiger partial charge >= 0.3 is 6.18 Å². The SMILES string of the molecule is NCc1nc(CNCCCCC(F)(F)F)cs1. The van der Waals surface area contributed by atoms with Gasteiger partial charge in [-0.1, -0.05) is 0 Å². The predicted molar refractivity (Wildman–Crippen MR) is 61.6 cm³/mol. The monoisotopic (exact) mass is 267 g/mol. The zero-order chi connectivity index (χ0) is 12.7. The van der Waals surface area contributed by atoms with Gasteiger partial charge in [0, 0.05) is 24.9 Å².